The molecule has 0 radical (unpaired) electrons. The monoisotopic (exact) mass is 517 g/mol. The quantitative estimate of drug-likeness (QED) is 0.276. The maximum Gasteiger partial charge on any atom is 0.405 e. The van der Waals surface area contributed by atoms with Crippen molar-refractivity contribution in [3.63, 3.8) is 0 Å². The first kappa shape index (κ1) is 29.0. The molecule has 0 aliphatic carbocycles. The Morgan fingerprint density at radius 3 is 2.56 bits per heavy atom. The average Bonchev–Trinajstić information content (AvgIpc) is 3.34. The maximum absolute atomic E-state index is 12.5. The fraction of sp³-hybridized carbons (Fsp3) is 0.565. The molecule has 0 aliphatic rings. The number of aromatic nitrogens is 3. The molecule has 2 rings (SSSR count). The van der Waals surface area contributed by atoms with Crippen LogP contribution >= 0.6 is 0 Å². The highest BCUT2D eigenvalue weighted by atomic mass is 19.4. The van der Waals surface area contributed by atoms with E-state index in [2.05, 4.69) is 15.6 Å². The zero-order valence-corrected chi connectivity index (χ0v) is 20.2. The lowest BCUT2D eigenvalue weighted by Gasteiger charge is -2.14. The molecule has 9 nitrogen and oxygen atoms in total. The number of nitrogens with one attached hydrogen (secondary N) is 2. The highest BCUT2D eigenvalue weighted by Gasteiger charge is 2.28. The Kier molecular flexibility index (Phi) is 11.6. The molecule has 2 aromatic rings. The summed E-state index contributed by atoms with van der Waals surface area (Å²) in [6.45, 7) is 0.588. The number of hydrogen-bond acceptors (Lipinski definition) is 6. The lowest BCUT2D eigenvalue weighted by atomic mass is 10.1. The van der Waals surface area contributed by atoms with E-state index in [0.717, 1.165) is 6.42 Å². The summed E-state index contributed by atoms with van der Waals surface area (Å²) >= 11 is 0. The van der Waals surface area contributed by atoms with Crippen molar-refractivity contribution in [2.45, 2.75) is 51.2 Å². The normalized spacial score (nSPS) is 12.3. The third kappa shape index (κ3) is 9.44. The Bertz CT molecular complexity index is 984. The van der Waals surface area contributed by atoms with E-state index in [-0.39, 0.29) is 29.7 Å². The fourth-order valence-electron chi connectivity index (χ4n) is 3.18. The fourth-order valence-corrected chi connectivity index (χ4v) is 3.18. The first-order chi connectivity index (χ1) is 17.2. The van der Waals surface area contributed by atoms with Crippen LogP contribution in [-0.2, 0) is 4.74 Å². The van der Waals surface area contributed by atoms with Crippen LogP contribution in [0.15, 0.2) is 24.4 Å². The van der Waals surface area contributed by atoms with Gasteiger partial charge in [-0.15, -0.1) is 5.10 Å². The van der Waals surface area contributed by atoms with Gasteiger partial charge in [-0.1, -0.05) is 18.6 Å². The van der Waals surface area contributed by atoms with Gasteiger partial charge in [0.05, 0.1) is 32.1 Å². The van der Waals surface area contributed by atoms with Gasteiger partial charge >= 0.3 is 6.18 Å². The first-order valence-corrected chi connectivity index (χ1v) is 11.6. The Labute approximate surface area is 206 Å². The highest BCUT2D eigenvalue weighted by molar-refractivity contribution is 5.95. The number of alkyl halides is 4. The summed E-state index contributed by atoms with van der Waals surface area (Å²) in [6.07, 6.45) is -0.0579. The van der Waals surface area contributed by atoms with Crippen molar-refractivity contribution in [3.8, 4) is 11.4 Å². The molecular formula is C23H31F4N5O4. The minimum atomic E-state index is -4.55. The molecule has 2 amide bonds. The molecule has 0 fully saturated rings. The Morgan fingerprint density at radius 1 is 1.14 bits per heavy atom. The van der Waals surface area contributed by atoms with Crippen molar-refractivity contribution in [3.05, 3.63) is 35.7 Å². The van der Waals surface area contributed by atoms with E-state index in [1.165, 1.54) is 36.2 Å². The van der Waals surface area contributed by atoms with E-state index in [9.17, 15) is 27.2 Å². The number of unbranched alkanes of at least 4 members (excludes halogenated alkanes) is 3. The Hall–Kier alpha value is -3.22. The number of nitrogens with zero attached hydrogens (tertiary/aromatic N) is 3. The van der Waals surface area contributed by atoms with E-state index < -0.39 is 31.2 Å². The minimum Gasteiger partial charge on any atom is -0.491 e. The molecule has 1 heterocycles. The predicted molar refractivity (Wildman–Crippen MR) is 123 cm³/mol. The second kappa shape index (κ2) is 14.4. The predicted octanol–water partition coefficient (Wildman–Crippen LogP) is 3.62. The molecule has 0 aliphatic heterocycles. The molecule has 1 aromatic carbocycles. The van der Waals surface area contributed by atoms with Crippen LogP contribution in [0.5, 0.6) is 5.75 Å². The Morgan fingerprint density at radius 2 is 1.89 bits per heavy atom. The molecule has 0 saturated heterocycles. The van der Waals surface area contributed by atoms with E-state index in [4.69, 9.17) is 9.47 Å². The summed E-state index contributed by atoms with van der Waals surface area (Å²) in [5.41, 5.74) is 0.328. The molecule has 2 N–H and O–H groups in total. The first-order valence-electron chi connectivity index (χ1n) is 11.6. The van der Waals surface area contributed by atoms with Crippen LogP contribution < -0.4 is 15.4 Å². The van der Waals surface area contributed by atoms with Crippen molar-refractivity contribution < 1.29 is 36.6 Å². The third-order valence-electron chi connectivity index (χ3n) is 5.13. The molecule has 0 bridgehead atoms. The SMILES string of the molecule is CCC(COC)NC(=O)c1cn(-c2ccc(C(=O)NCC(F)(F)F)cc2OCCCCCCF)nn1. The second-order valence-corrected chi connectivity index (χ2v) is 8.01. The van der Waals surface area contributed by atoms with Crippen LogP contribution in [0.4, 0.5) is 17.6 Å². The van der Waals surface area contributed by atoms with Gasteiger partial charge in [0.2, 0.25) is 0 Å². The van der Waals surface area contributed by atoms with Gasteiger partial charge in [-0.25, -0.2) is 4.68 Å². The number of methoxy groups -OCH3 is 1. The number of amides is 2. The summed E-state index contributed by atoms with van der Waals surface area (Å²) in [6, 6.07) is 3.85. The molecule has 1 unspecified atom stereocenters. The van der Waals surface area contributed by atoms with Gasteiger partial charge in [0, 0.05) is 12.7 Å². The summed E-state index contributed by atoms with van der Waals surface area (Å²) in [7, 11) is 1.53. The average molecular weight is 518 g/mol. The van der Waals surface area contributed by atoms with Gasteiger partial charge in [0.25, 0.3) is 11.8 Å². The van der Waals surface area contributed by atoms with Gasteiger partial charge in [0.1, 0.15) is 18.0 Å². The van der Waals surface area contributed by atoms with Gasteiger partial charge in [-0.2, -0.15) is 13.2 Å². The minimum absolute atomic E-state index is 0.0359. The molecule has 1 aromatic heterocycles. The van der Waals surface area contributed by atoms with Gasteiger partial charge in [0.15, 0.2) is 5.69 Å². The van der Waals surface area contributed by atoms with E-state index in [1.54, 1.807) is 0 Å². The van der Waals surface area contributed by atoms with Crippen LogP contribution in [0.1, 0.15) is 59.9 Å². The van der Waals surface area contributed by atoms with Crippen LogP contribution in [0, 0.1) is 0 Å². The molecular weight excluding hydrogens is 486 g/mol. The van der Waals surface area contributed by atoms with Crippen molar-refractivity contribution >= 4 is 11.8 Å². The lowest BCUT2D eigenvalue weighted by Crippen LogP contribution is -2.37. The zero-order chi connectivity index (χ0) is 26.6. The second-order valence-electron chi connectivity index (χ2n) is 8.01. The maximum atomic E-state index is 12.5. The number of carbonyl (C=O) groups excluding carboxylic acids is 2. The standard InChI is InChI=1S/C23H31F4N5O4/c1-3-17(14-35-2)29-22(34)18-13-32(31-30-18)19-9-8-16(21(33)28-15-23(25,26)27)12-20(19)36-11-7-5-4-6-10-24/h8-9,12-13,17H,3-7,10-11,14-15H2,1-2H3,(H,28,33)(H,29,34). The number of rotatable bonds is 15. The largest absolute Gasteiger partial charge is 0.491 e. The van der Waals surface area contributed by atoms with Crippen LogP contribution in [-0.4, -0.2) is 72.6 Å². The molecule has 1 atom stereocenters. The molecule has 0 spiro atoms. The van der Waals surface area contributed by atoms with Crippen LogP contribution in [0.3, 0.4) is 0 Å². The molecule has 13 heteroatoms. The highest BCUT2D eigenvalue weighted by Crippen LogP contribution is 2.25. The van der Waals surface area contributed by atoms with Gasteiger partial charge in [-0.05, 0) is 43.9 Å². The van der Waals surface area contributed by atoms with Crippen LogP contribution in [0.2, 0.25) is 0 Å². The number of ether oxygens (including phenoxy) is 2. The number of hydrogen-bond donors (Lipinski definition) is 2. The smallest absolute Gasteiger partial charge is 0.405 e. The van der Waals surface area contributed by atoms with Gasteiger partial charge in [-0.3, -0.25) is 14.0 Å². The number of benzene rings is 1. The van der Waals surface area contributed by atoms with Crippen molar-refractivity contribution in [2.24, 2.45) is 0 Å². The summed E-state index contributed by atoms with van der Waals surface area (Å²) in [4.78, 5) is 24.7. The molecule has 200 valence electrons. The van der Waals surface area contributed by atoms with Crippen molar-refractivity contribution in [1.82, 2.24) is 25.6 Å². The molecule has 36 heavy (non-hydrogen) atoms. The number of halogens is 4. The number of carbonyl (C=O) groups is 2. The summed E-state index contributed by atoms with van der Waals surface area (Å²) < 4.78 is 61.8. The Balaban J connectivity index is 2.22. The van der Waals surface area contributed by atoms with E-state index in [1.807, 2.05) is 12.2 Å². The summed E-state index contributed by atoms with van der Waals surface area (Å²) in [5.74, 6) is -1.21. The summed E-state index contributed by atoms with van der Waals surface area (Å²) in [5, 5.41) is 12.5. The van der Waals surface area contributed by atoms with Gasteiger partial charge < -0.3 is 20.1 Å². The zero-order valence-electron chi connectivity index (χ0n) is 20.2. The topological polar surface area (TPSA) is 107 Å². The van der Waals surface area contributed by atoms with Crippen LogP contribution in [0.25, 0.3) is 5.69 Å². The lowest BCUT2D eigenvalue weighted by molar-refractivity contribution is -0.123. The van der Waals surface area contributed by atoms with Crippen molar-refractivity contribution in [1.29, 1.82) is 0 Å². The van der Waals surface area contributed by atoms with Crippen molar-refractivity contribution in [2.75, 3.05) is 33.5 Å². The molecule has 0 saturated carbocycles. The van der Waals surface area contributed by atoms with E-state index in [0.29, 0.717) is 38.0 Å². The van der Waals surface area contributed by atoms with E-state index >= 15 is 0 Å². The third-order valence-corrected chi connectivity index (χ3v) is 5.13.